The molecule has 0 spiro atoms. The molecule has 25 heavy (non-hydrogen) atoms. The van der Waals surface area contributed by atoms with Gasteiger partial charge in [-0.2, -0.15) is 0 Å². The lowest BCUT2D eigenvalue weighted by Crippen LogP contribution is -2.32. The van der Waals surface area contributed by atoms with Crippen molar-refractivity contribution in [3.63, 3.8) is 0 Å². The lowest BCUT2D eigenvalue weighted by atomic mass is 10.1. The molecule has 132 valence electrons. The summed E-state index contributed by atoms with van der Waals surface area (Å²) in [5.74, 6) is -0.610. The highest BCUT2D eigenvalue weighted by atomic mass is 16.3. The number of para-hydroxylation sites is 1. The standard InChI is InChI=1S/C20H24N2O3/c1-15-8-6-7-11-17(15)21-19(24)14-20(25)22(2)13-12-18(23)16-9-4-3-5-10-16/h3-11,18,23H,12-14H2,1-2H3,(H,21,24). The highest BCUT2D eigenvalue weighted by Crippen LogP contribution is 2.16. The highest BCUT2D eigenvalue weighted by molar-refractivity contribution is 6.03. The molecule has 0 fully saturated rings. The molecule has 0 bridgehead atoms. The smallest absolute Gasteiger partial charge is 0.233 e. The number of nitrogens with one attached hydrogen (secondary N) is 1. The Morgan fingerprint density at radius 2 is 1.72 bits per heavy atom. The number of aliphatic hydroxyl groups is 1. The number of aryl methyl sites for hydroxylation is 1. The number of aliphatic hydroxyl groups excluding tert-OH is 1. The van der Waals surface area contributed by atoms with E-state index < -0.39 is 6.10 Å². The summed E-state index contributed by atoms with van der Waals surface area (Å²) >= 11 is 0. The van der Waals surface area contributed by atoms with Gasteiger partial charge in [0.25, 0.3) is 0 Å². The zero-order chi connectivity index (χ0) is 18.2. The van der Waals surface area contributed by atoms with Gasteiger partial charge in [0.1, 0.15) is 6.42 Å². The van der Waals surface area contributed by atoms with E-state index in [-0.39, 0.29) is 18.2 Å². The lowest BCUT2D eigenvalue weighted by molar-refractivity contribution is -0.133. The largest absolute Gasteiger partial charge is 0.388 e. The maximum atomic E-state index is 12.2. The Morgan fingerprint density at radius 3 is 2.40 bits per heavy atom. The molecule has 5 heteroatoms. The zero-order valence-corrected chi connectivity index (χ0v) is 14.6. The van der Waals surface area contributed by atoms with Crippen LogP contribution in [0.25, 0.3) is 0 Å². The van der Waals surface area contributed by atoms with Gasteiger partial charge in [0, 0.05) is 19.3 Å². The summed E-state index contributed by atoms with van der Waals surface area (Å²) in [4.78, 5) is 25.7. The molecule has 2 N–H and O–H groups in total. The van der Waals surface area contributed by atoms with Crippen LogP contribution in [0.5, 0.6) is 0 Å². The fraction of sp³-hybridized carbons (Fsp3) is 0.300. The summed E-state index contributed by atoms with van der Waals surface area (Å²) in [6, 6.07) is 16.7. The normalized spacial score (nSPS) is 11.6. The van der Waals surface area contributed by atoms with Crippen LogP contribution < -0.4 is 5.32 Å². The van der Waals surface area contributed by atoms with Gasteiger partial charge in [0.05, 0.1) is 6.10 Å². The summed E-state index contributed by atoms with van der Waals surface area (Å²) in [6.45, 7) is 2.28. The Kier molecular flexibility index (Phi) is 6.71. The van der Waals surface area contributed by atoms with Gasteiger partial charge in [0.2, 0.25) is 11.8 Å². The van der Waals surface area contributed by atoms with Crippen LogP contribution in [0, 0.1) is 6.92 Å². The molecule has 0 aromatic heterocycles. The molecule has 2 amide bonds. The van der Waals surface area contributed by atoms with E-state index in [9.17, 15) is 14.7 Å². The number of carbonyl (C=O) groups excluding carboxylic acids is 2. The number of rotatable bonds is 7. The predicted octanol–water partition coefficient (Wildman–Crippen LogP) is 2.91. The number of carbonyl (C=O) groups is 2. The van der Waals surface area contributed by atoms with E-state index in [2.05, 4.69) is 5.32 Å². The molecule has 5 nitrogen and oxygen atoms in total. The van der Waals surface area contributed by atoms with Gasteiger partial charge in [-0.25, -0.2) is 0 Å². The molecule has 1 atom stereocenters. The van der Waals surface area contributed by atoms with Gasteiger partial charge in [-0.3, -0.25) is 9.59 Å². The molecule has 0 aliphatic heterocycles. The Balaban J connectivity index is 1.80. The number of nitrogens with zero attached hydrogens (tertiary/aromatic N) is 1. The van der Waals surface area contributed by atoms with Crippen molar-refractivity contribution in [2.24, 2.45) is 0 Å². The zero-order valence-electron chi connectivity index (χ0n) is 14.6. The van der Waals surface area contributed by atoms with Crippen molar-refractivity contribution in [2.75, 3.05) is 18.9 Å². The first kappa shape index (κ1) is 18.7. The second-order valence-corrected chi connectivity index (χ2v) is 6.07. The van der Waals surface area contributed by atoms with Crippen LogP contribution in [0.15, 0.2) is 54.6 Å². The molecular weight excluding hydrogens is 316 g/mol. The van der Waals surface area contributed by atoms with Crippen molar-refractivity contribution < 1.29 is 14.7 Å². The van der Waals surface area contributed by atoms with Crippen molar-refractivity contribution in [1.29, 1.82) is 0 Å². The SMILES string of the molecule is Cc1ccccc1NC(=O)CC(=O)N(C)CCC(O)c1ccccc1. The Hall–Kier alpha value is -2.66. The van der Waals surface area contributed by atoms with Crippen molar-refractivity contribution >= 4 is 17.5 Å². The summed E-state index contributed by atoms with van der Waals surface area (Å²) in [7, 11) is 1.64. The monoisotopic (exact) mass is 340 g/mol. The van der Waals surface area contributed by atoms with Crippen LogP contribution in [0.3, 0.4) is 0 Å². The van der Waals surface area contributed by atoms with E-state index in [4.69, 9.17) is 0 Å². The van der Waals surface area contributed by atoms with Gasteiger partial charge < -0.3 is 15.3 Å². The Labute approximate surface area is 148 Å². The predicted molar refractivity (Wildman–Crippen MR) is 98.1 cm³/mol. The number of benzene rings is 2. The topological polar surface area (TPSA) is 69.6 Å². The van der Waals surface area contributed by atoms with Crippen LogP contribution >= 0.6 is 0 Å². The van der Waals surface area contributed by atoms with Crippen LogP contribution in [0.4, 0.5) is 5.69 Å². The number of hydrogen-bond donors (Lipinski definition) is 2. The molecule has 0 saturated heterocycles. The number of anilines is 1. The van der Waals surface area contributed by atoms with Gasteiger partial charge in [-0.1, -0.05) is 48.5 Å². The molecule has 1 unspecified atom stereocenters. The van der Waals surface area contributed by atoms with E-state index in [1.165, 1.54) is 4.90 Å². The summed E-state index contributed by atoms with van der Waals surface area (Å²) < 4.78 is 0. The minimum atomic E-state index is -0.628. The molecular formula is C20H24N2O3. The summed E-state index contributed by atoms with van der Waals surface area (Å²) in [5.41, 5.74) is 2.48. The molecule has 2 aromatic carbocycles. The van der Waals surface area contributed by atoms with E-state index in [1.807, 2.05) is 55.5 Å². The first-order chi connectivity index (χ1) is 12.0. The van der Waals surface area contributed by atoms with E-state index in [1.54, 1.807) is 13.1 Å². The van der Waals surface area contributed by atoms with Gasteiger partial charge in [0.15, 0.2) is 0 Å². The first-order valence-corrected chi connectivity index (χ1v) is 8.30. The van der Waals surface area contributed by atoms with Gasteiger partial charge >= 0.3 is 0 Å². The minimum Gasteiger partial charge on any atom is -0.388 e. The van der Waals surface area contributed by atoms with Crippen molar-refractivity contribution in [1.82, 2.24) is 4.90 Å². The van der Waals surface area contributed by atoms with Gasteiger partial charge in [-0.05, 0) is 30.5 Å². The Morgan fingerprint density at radius 1 is 1.08 bits per heavy atom. The van der Waals surface area contributed by atoms with E-state index in [0.717, 1.165) is 11.1 Å². The number of amides is 2. The molecule has 0 aliphatic rings. The Bertz CT molecular complexity index is 716. The quantitative estimate of drug-likeness (QED) is 0.762. The third kappa shape index (κ3) is 5.72. The maximum absolute atomic E-state index is 12.2. The van der Waals surface area contributed by atoms with Crippen LogP contribution in [-0.2, 0) is 9.59 Å². The summed E-state index contributed by atoms with van der Waals surface area (Å²) in [6.07, 6.45) is -0.421. The van der Waals surface area contributed by atoms with Crippen molar-refractivity contribution in [3.8, 4) is 0 Å². The van der Waals surface area contributed by atoms with Crippen LogP contribution in [0.1, 0.15) is 30.1 Å². The first-order valence-electron chi connectivity index (χ1n) is 8.30. The van der Waals surface area contributed by atoms with E-state index >= 15 is 0 Å². The molecule has 2 rings (SSSR count). The lowest BCUT2D eigenvalue weighted by Gasteiger charge is -2.19. The molecule has 2 aromatic rings. The average Bonchev–Trinajstić information content (AvgIpc) is 2.62. The second-order valence-electron chi connectivity index (χ2n) is 6.07. The molecule has 0 radical (unpaired) electrons. The summed E-state index contributed by atoms with van der Waals surface area (Å²) in [5, 5.41) is 12.9. The molecule has 0 saturated carbocycles. The third-order valence-electron chi connectivity index (χ3n) is 4.08. The van der Waals surface area contributed by atoms with Crippen molar-refractivity contribution in [2.45, 2.75) is 25.9 Å². The minimum absolute atomic E-state index is 0.216. The highest BCUT2D eigenvalue weighted by Gasteiger charge is 2.16. The molecule has 0 heterocycles. The van der Waals surface area contributed by atoms with Crippen molar-refractivity contribution in [3.05, 3.63) is 65.7 Å². The number of hydrogen-bond acceptors (Lipinski definition) is 3. The fourth-order valence-electron chi connectivity index (χ4n) is 2.46. The fourth-order valence-corrected chi connectivity index (χ4v) is 2.46. The van der Waals surface area contributed by atoms with Crippen LogP contribution in [-0.4, -0.2) is 35.4 Å². The average molecular weight is 340 g/mol. The third-order valence-corrected chi connectivity index (χ3v) is 4.08. The van der Waals surface area contributed by atoms with E-state index in [0.29, 0.717) is 18.7 Å². The maximum Gasteiger partial charge on any atom is 0.233 e. The second kappa shape index (κ2) is 8.99. The van der Waals surface area contributed by atoms with Crippen LogP contribution in [0.2, 0.25) is 0 Å². The van der Waals surface area contributed by atoms with Gasteiger partial charge in [-0.15, -0.1) is 0 Å². The molecule has 0 aliphatic carbocycles.